The Labute approximate surface area is 166 Å². The molecule has 0 aliphatic heterocycles. The van der Waals surface area contributed by atoms with Crippen LogP contribution in [0.5, 0.6) is 0 Å². The number of aliphatic carboxylic acids is 1. The van der Waals surface area contributed by atoms with Gasteiger partial charge in [-0.3, -0.25) is 14.2 Å². The SMILES string of the molecule is O=C(O)CCc1ccc(-n2ccnc(Nc3ccc(C(F)(F)F)cc3F)c2=O)nc1. The summed E-state index contributed by atoms with van der Waals surface area (Å²) in [6, 6.07) is 4.99. The first-order valence-electron chi connectivity index (χ1n) is 8.53. The lowest BCUT2D eigenvalue weighted by atomic mass is 10.1. The third-order valence-corrected chi connectivity index (χ3v) is 4.07. The van der Waals surface area contributed by atoms with Crippen LogP contribution in [0.2, 0.25) is 0 Å². The molecule has 0 amide bonds. The lowest BCUT2D eigenvalue weighted by Gasteiger charge is -2.11. The maximum atomic E-state index is 14.0. The molecular formula is C19H14F4N4O3. The summed E-state index contributed by atoms with van der Waals surface area (Å²) in [7, 11) is 0. The van der Waals surface area contributed by atoms with Gasteiger partial charge in [-0.15, -0.1) is 0 Å². The van der Waals surface area contributed by atoms with Crippen molar-refractivity contribution >= 4 is 17.5 Å². The number of carboxylic acid groups (broad SMARTS) is 1. The molecule has 0 saturated heterocycles. The first-order chi connectivity index (χ1) is 14.1. The molecule has 0 bridgehead atoms. The van der Waals surface area contributed by atoms with Crippen LogP contribution in [0.3, 0.4) is 0 Å². The second-order valence-corrected chi connectivity index (χ2v) is 6.19. The van der Waals surface area contributed by atoms with Crippen LogP contribution in [-0.4, -0.2) is 25.6 Å². The van der Waals surface area contributed by atoms with Crippen molar-refractivity contribution in [3.63, 3.8) is 0 Å². The zero-order valence-corrected chi connectivity index (χ0v) is 15.2. The number of carbonyl (C=O) groups is 1. The van der Waals surface area contributed by atoms with Gasteiger partial charge >= 0.3 is 12.1 Å². The van der Waals surface area contributed by atoms with E-state index in [1.165, 1.54) is 24.7 Å². The van der Waals surface area contributed by atoms with Crippen LogP contribution in [0.4, 0.5) is 29.1 Å². The third-order valence-electron chi connectivity index (χ3n) is 4.07. The number of nitrogens with zero attached hydrogens (tertiary/aromatic N) is 3. The smallest absolute Gasteiger partial charge is 0.416 e. The maximum Gasteiger partial charge on any atom is 0.416 e. The summed E-state index contributed by atoms with van der Waals surface area (Å²) in [6.45, 7) is 0. The zero-order valence-electron chi connectivity index (χ0n) is 15.2. The van der Waals surface area contributed by atoms with E-state index >= 15 is 0 Å². The molecule has 0 aliphatic rings. The summed E-state index contributed by atoms with van der Waals surface area (Å²) in [4.78, 5) is 31.2. The number of halogens is 4. The number of benzene rings is 1. The number of aromatic nitrogens is 3. The van der Waals surface area contributed by atoms with Crippen LogP contribution in [-0.2, 0) is 17.4 Å². The fraction of sp³-hybridized carbons (Fsp3) is 0.158. The molecule has 0 unspecified atom stereocenters. The van der Waals surface area contributed by atoms with Crippen molar-refractivity contribution in [1.29, 1.82) is 0 Å². The molecule has 2 heterocycles. The average molecular weight is 422 g/mol. The number of aryl methyl sites for hydroxylation is 1. The van der Waals surface area contributed by atoms with Crippen molar-refractivity contribution in [2.24, 2.45) is 0 Å². The van der Waals surface area contributed by atoms with E-state index in [4.69, 9.17) is 5.11 Å². The predicted molar refractivity (Wildman–Crippen MR) is 98.3 cm³/mol. The van der Waals surface area contributed by atoms with E-state index in [9.17, 15) is 27.2 Å². The third kappa shape index (κ3) is 4.80. The fourth-order valence-electron chi connectivity index (χ4n) is 2.56. The summed E-state index contributed by atoms with van der Waals surface area (Å²) in [5.74, 6) is -2.25. The van der Waals surface area contributed by atoms with Crippen LogP contribution in [0.1, 0.15) is 17.5 Å². The Morgan fingerprint density at radius 1 is 1.17 bits per heavy atom. The van der Waals surface area contributed by atoms with E-state index in [0.29, 0.717) is 17.7 Å². The quantitative estimate of drug-likeness (QED) is 0.590. The van der Waals surface area contributed by atoms with Gasteiger partial charge in [0.05, 0.1) is 11.3 Å². The van der Waals surface area contributed by atoms with Crippen LogP contribution < -0.4 is 10.9 Å². The van der Waals surface area contributed by atoms with Gasteiger partial charge in [0.2, 0.25) is 0 Å². The molecule has 2 aromatic heterocycles. The molecule has 0 atom stereocenters. The minimum Gasteiger partial charge on any atom is -0.481 e. The Kier molecular flexibility index (Phi) is 5.81. The van der Waals surface area contributed by atoms with Gasteiger partial charge in [-0.1, -0.05) is 6.07 Å². The fourth-order valence-corrected chi connectivity index (χ4v) is 2.56. The van der Waals surface area contributed by atoms with E-state index in [-0.39, 0.29) is 30.2 Å². The molecule has 156 valence electrons. The monoisotopic (exact) mass is 422 g/mol. The molecule has 3 aromatic rings. The Bertz CT molecular complexity index is 1130. The van der Waals surface area contributed by atoms with Crippen LogP contribution in [0, 0.1) is 5.82 Å². The normalized spacial score (nSPS) is 11.3. The summed E-state index contributed by atoms with van der Waals surface area (Å²) < 4.78 is 53.1. The molecule has 0 saturated carbocycles. The summed E-state index contributed by atoms with van der Waals surface area (Å²) >= 11 is 0. The standard InChI is InChI=1S/C19H14F4N4O3/c20-13-9-12(19(21,22)23)3-4-14(13)26-17-18(30)27(8-7-24-17)15-5-1-11(10-25-15)2-6-16(28)29/h1,3-5,7-10H,2,6H2,(H,24,26)(H,28,29). The molecule has 0 fully saturated rings. The highest BCUT2D eigenvalue weighted by Crippen LogP contribution is 2.31. The number of alkyl halides is 3. The molecular weight excluding hydrogens is 408 g/mol. The summed E-state index contributed by atoms with van der Waals surface area (Å²) in [5.41, 5.74) is -1.55. The van der Waals surface area contributed by atoms with Crippen LogP contribution >= 0.6 is 0 Å². The molecule has 1 aromatic carbocycles. The minimum absolute atomic E-state index is 0.0665. The van der Waals surface area contributed by atoms with Gasteiger partial charge in [-0.2, -0.15) is 13.2 Å². The highest BCUT2D eigenvalue weighted by molar-refractivity contribution is 5.67. The summed E-state index contributed by atoms with van der Waals surface area (Å²) in [5, 5.41) is 11.1. The lowest BCUT2D eigenvalue weighted by molar-refractivity contribution is -0.138. The lowest BCUT2D eigenvalue weighted by Crippen LogP contribution is -2.22. The molecule has 2 N–H and O–H groups in total. The van der Waals surface area contributed by atoms with Gasteiger partial charge in [0.25, 0.3) is 5.56 Å². The Morgan fingerprint density at radius 3 is 2.53 bits per heavy atom. The van der Waals surface area contributed by atoms with Gasteiger partial charge in [0, 0.05) is 25.0 Å². The number of anilines is 2. The van der Waals surface area contributed by atoms with Gasteiger partial charge in [0.1, 0.15) is 11.6 Å². The van der Waals surface area contributed by atoms with Crippen molar-refractivity contribution in [3.8, 4) is 5.82 Å². The zero-order chi connectivity index (χ0) is 21.9. The molecule has 3 rings (SSSR count). The van der Waals surface area contributed by atoms with Crippen molar-refractivity contribution in [3.05, 3.63) is 76.2 Å². The molecule has 11 heteroatoms. The largest absolute Gasteiger partial charge is 0.481 e. The highest BCUT2D eigenvalue weighted by atomic mass is 19.4. The van der Waals surface area contributed by atoms with Crippen molar-refractivity contribution < 1.29 is 27.5 Å². The number of hydrogen-bond acceptors (Lipinski definition) is 5. The number of carboxylic acids is 1. The number of hydrogen-bond donors (Lipinski definition) is 2. The first kappa shape index (κ1) is 21.0. The maximum absolute atomic E-state index is 14.0. The van der Waals surface area contributed by atoms with Gasteiger partial charge in [0.15, 0.2) is 5.82 Å². The van der Waals surface area contributed by atoms with Gasteiger partial charge in [-0.25, -0.2) is 14.4 Å². The van der Waals surface area contributed by atoms with Crippen LogP contribution in [0.25, 0.3) is 5.82 Å². The van der Waals surface area contributed by atoms with E-state index in [2.05, 4.69) is 15.3 Å². The Morgan fingerprint density at radius 2 is 1.93 bits per heavy atom. The molecule has 7 nitrogen and oxygen atoms in total. The van der Waals surface area contributed by atoms with E-state index in [1.807, 2.05) is 0 Å². The number of rotatable bonds is 6. The number of pyridine rings is 1. The van der Waals surface area contributed by atoms with Crippen molar-refractivity contribution in [1.82, 2.24) is 14.5 Å². The topological polar surface area (TPSA) is 97.1 Å². The van der Waals surface area contributed by atoms with Gasteiger partial charge in [-0.05, 0) is 36.2 Å². The second-order valence-electron chi connectivity index (χ2n) is 6.19. The number of nitrogens with one attached hydrogen (secondary N) is 1. The van der Waals surface area contributed by atoms with E-state index in [0.717, 1.165) is 10.6 Å². The van der Waals surface area contributed by atoms with E-state index in [1.54, 1.807) is 6.07 Å². The van der Waals surface area contributed by atoms with Gasteiger partial charge < -0.3 is 10.4 Å². The predicted octanol–water partition coefficient (Wildman–Crippen LogP) is 3.55. The average Bonchev–Trinajstić information content (AvgIpc) is 2.69. The van der Waals surface area contributed by atoms with Crippen molar-refractivity contribution in [2.75, 3.05) is 5.32 Å². The first-order valence-corrected chi connectivity index (χ1v) is 8.53. The summed E-state index contributed by atoms with van der Waals surface area (Å²) in [6.07, 6.45) is -0.508. The highest BCUT2D eigenvalue weighted by Gasteiger charge is 2.31. The van der Waals surface area contributed by atoms with Crippen LogP contribution in [0.15, 0.2) is 53.7 Å². The Hall–Kier alpha value is -3.76. The Balaban J connectivity index is 1.85. The van der Waals surface area contributed by atoms with E-state index < -0.39 is 29.1 Å². The molecule has 0 radical (unpaired) electrons. The van der Waals surface area contributed by atoms with Crippen molar-refractivity contribution in [2.45, 2.75) is 19.0 Å². The molecule has 30 heavy (non-hydrogen) atoms. The molecule has 0 spiro atoms. The molecule has 0 aliphatic carbocycles. The second kappa shape index (κ2) is 8.31. The minimum atomic E-state index is -4.70.